The third-order valence-corrected chi connectivity index (χ3v) is 2.48. The monoisotopic (exact) mass is 194 g/mol. The Morgan fingerprint density at radius 1 is 1.43 bits per heavy atom. The minimum absolute atomic E-state index is 0.0839. The second-order valence-corrected chi connectivity index (χ2v) is 4.57. The van der Waals surface area contributed by atoms with E-state index < -0.39 is 0 Å². The van der Waals surface area contributed by atoms with Crippen LogP contribution in [0.2, 0.25) is 0 Å². The van der Waals surface area contributed by atoms with E-state index in [9.17, 15) is 0 Å². The van der Waals surface area contributed by atoms with Crippen LogP contribution < -0.4 is 0 Å². The lowest BCUT2D eigenvalue weighted by Crippen LogP contribution is -2.27. The molecule has 76 valence electrons. The molecule has 1 N–H and O–H groups in total. The summed E-state index contributed by atoms with van der Waals surface area (Å²) >= 11 is 0. The Morgan fingerprint density at radius 2 is 2.14 bits per heavy atom. The van der Waals surface area contributed by atoms with Gasteiger partial charge in [0.15, 0.2) is 5.89 Å². The van der Waals surface area contributed by atoms with Gasteiger partial charge in [-0.2, -0.15) is 0 Å². The molecule has 0 aliphatic heterocycles. The minimum atomic E-state index is 0.0839. The zero-order valence-corrected chi connectivity index (χ0v) is 8.66. The van der Waals surface area contributed by atoms with Crippen LogP contribution in [0.25, 0.3) is 0 Å². The second kappa shape index (κ2) is 2.83. The van der Waals surface area contributed by atoms with Crippen LogP contribution in [-0.2, 0) is 6.42 Å². The summed E-state index contributed by atoms with van der Waals surface area (Å²) in [5, 5.41) is 12.2. The molecule has 4 heteroatoms. The average molecular weight is 194 g/mol. The number of oxime groups is 1. The van der Waals surface area contributed by atoms with Gasteiger partial charge in [-0.05, 0) is 5.41 Å². The molecule has 2 rings (SSSR count). The quantitative estimate of drug-likeness (QED) is 0.508. The molecule has 1 aromatic heterocycles. The molecule has 0 aromatic carbocycles. The van der Waals surface area contributed by atoms with E-state index >= 15 is 0 Å². The Morgan fingerprint density at radius 3 is 2.79 bits per heavy atom. The molecule has 0 fully saturated rings. The van der Waals surface area contributed by atoms with E-state index in [1.165, 1.54) is 0 Å². The highest BCUT2D eigenvalue weighted by Gasteiger charge is 2.33. The number of aromatic nitrogens is 1. The molecular weight excluding hydrogens is 180 g/mol. The molecule has 0 bridgehead atoms. The van der Waals surface area contributed by atoms with Crippen molar-refractivity contribution >= 4 is 5.71 Å². The number of fused-ring (bicyclic) bond motifs is 1. The van der Waals surface area contributed by atoms with Crippen molar-refractivity contribution in [1.82, 2.24) is 4.98 Å². The molecule has 0 unspecified atom stereocenters. The predicted octanol–water partition coefficient (Wildman–Crippen LogP) is 2.13. The van der Waals surface area contributed by atoms with Gasteiger partial charge in [0.25, 0.3) is 0 Å². The second-order valence-electron chi connectivity index (χ2n) is 4.57. The molecule has 1 aromatic rings. The minimum Gasteiger partial charge on any atom is -0.445 e. The lowest BCUT2D eigenvalue weighted by Gasteiger charge is -2.27. The van der Waals surface area contributed by atoms with Crippen LogP contribution in [0, 0.1) is 12.3 Å². The van der Waals surface area contributed by atoms with Crippen molar-refractivity contribution in [1.29, 1.82) is 0 Å². The number of aryl methyl sites for hydroxylation is 1. The van der Waals surface area contributed by atoms with Crippen LogP contribution in [-0.4, -0.2) is 15.9 Å². The maximum absolute atomic E-state index is 8.89. The zero-order valence-electron chi connectivity index (χ0n) is 8.66. The van der Waals surface area contributed by atoms with Crippen LogP contribution in [0.3, 0.4) is 0 Å². The fraction of sp³-hybridized carbons (Fsp3) is 0.600. The molecule has 4 nitrogen and oxygen atoms in total. The van der Waals surface area contributed by atoms with E-state index in [0.717, 1.165) is 24.3 Å². The molecule has 1 heterocycles. The van der Waals surface area contributed by atoms with Crippen molar-refractivity contribution in [3.63, 3.8) is 0 Å². The standard InChI is InChI=1S/C10H14N2O2/c1-6-11-9-7(12-13)4-10(2,3)5-8(9)14-6/h13H,4-5H2,1-3H3. The van der Waals surface area contributed by atoms with E-state index in [-0.39, 0.29) is 5.41 Å². The van der Waals surface area contributed by atoms with Gasteiger partial charge < -0.3 is 9.62 Å². The van der Waals surface area contributed by atoms with Crippen LogP contribution in [0.5, 0.6) is 0 Å². The number of oxazole rings is 1. The van der Waals surface area contributed by atoms with Crippen LogP contribution in [0.4, 0.5) is 0 Å². The van der Waals surface area contributed by atoms with Crippen LogP contribution in [0.15, 0.2) is 9.57 Å². The number of hydrogen-bond acceptors (Lipinski definition) is 4. The van der Waals surface area contributed by atoms with Gasteiger partial charge >= 0.3 is 0 Å². The highest BCUT2D eigenvalue weighted by molar-refractivity contribution is 6.00. The summed E-state index contributed by atoms with van der Waals surface area (Å²) in [4.78, 5) is 4.21. The lowest BCUT2D eigenvalue weighted by molar-refractivity contribution is 0.297. The first kappa shape index (κ1) is 9.24. The van der Waals surface area contributed by atoms with Crippen molar-refractivity contribution in [2.45, 2.75) is 33.6 Å². The molecule has 0 amide bonds. The van der Waals surface area contributed by atoms with Gasteiger partial charge in [-0.25, -0.2) is 4.98 Å². The van der Waals surface area contributed by atoms with Gasteiger partial charge in [0.2, 0.25) is 0 Å². The van der Waals surface area contributed by atoms with E-state index in [0.29, 0.717) is 11.6 Å². The van der Waals surface area contributed by atoms with Gasteiger partial charge in [0.1, 0.15) is 17.2 Å². The summed E-state index contributed by atoms with van der Waals surface area (Å²) in [7, 11) is 0. The summed E-state index contributed by atoms with van der Waals surface area (Å²) in [6, 6.07) is 0. The number of hydrogen-bond donors (Lipinski definition) is 1. The Labute approximate surface area is 82.6 Å². The van der Waals surface area contributed by atoms with Crippen molar-refractivity contribution in [2.75, 3.05) is 0 Å². The lowest BCUT2D eigenvalue weighted by atomic mass is 9.77. The van der Waals surface area contributed by atoms with Crippen molar-refractivity contribution in [3.05, 3.63) is 17.3 Å². The van der Waals surface area contributed by atoms with Crippen LogP contribution in [0.1, 0.15) is 37.6 Å². The maximum atomic E-state index is 8.89. The van der Waals surface area contributed by atoms with Gasteiger partial charge in [-0.1, -0.05) is 19.0 Å². The third kappa shape index (κ3) is 1.41. The maximum Gasteiger partial charge on any atom is 0.191 e. The summed E-state index contributed by atoms with van der Waals surface area (Å²) in [6.45, 7) is 6.05. The topological polar surface area (TPSA) is 58.6 Å². The fourth-order valence-corrected chi connectivity index (χ4v) is 1.93. The molecule has 14 heavy (non-hydrogen) atoms. The highest BCUT2D eigenvalue weighted by atomic mass is 16.4. The molecular formula is C10H14N2O2. The summed E-state index contributed by atoms with van der Waals surface area (Å²) < 4.78 is 5.47. The Bertz CT molecular complexity index is 391. The Hall–Kier alpha value is -1.32. The summed E-state index contributed by atoms with van der Waals surface area (Å²) in [5.74, 6) is 1.47. The molecule has 0 saturated heterocycles. The van der Waals surface area contributed by atoms with Crippen molar-refractivity contribution in [3.8, 4) is 0 Å². The SMILES string of the molecule is Cc1nc2c(o1)CC(C)(C)CC2=NO. The number of rotatable bonds is 0. The molecule has 1 aliphatic carbocycles. The van der Waals surface area contributed by atoms with Gasteiger partial charge in [0, 0.05) is 19.8 Å². The highest BCUT2D eigenvalue weighted by Crippen LogP contribution is 2.34. The van der Waals surface area contributed by atoms with Gasteiger partial charge in [-0.15, -0.1) is 0 Å². The predicted molar refractivity (Wildman–Crippen MR) is 51.7 cm³/mol. The summed E-state index contributed by atoms with van der Waals surface area (Å²) in [5.41, 5.74) is 1.44. The Kier molecular flexibility index (Phi) is 1.87. The van der Waals surface area contributed by atoms with E-state index in [1.54, 1.807) is 6.92 Å². The average Bonchev–Trinajstić information content (AvgIpc) is 2.41. The fourth-order valence-electron chi connectivity index (χ4n) is 1.93. The normalized spacial score (nSPS) is 22.4. The molecule has 0 saturated carbocycles. The van der Waals surface area contributed by atoms with E-state index in [4.69, 9.17) is 9.62 Å². The van der Waals surface area contributed by atoms with Crippen LogP contribution >= 0.6 is 0 Å². The molecule has 0 radical (unpaired) electrons. The molecule has 1 aliphatic rings. The smallest absolute Gasteiger partial charge is 0.191 e. The Balaban J connectivity index is 2.51. The molecule has 0 spiro atoms. The van der Waals surface area contributed by atoms with E-state index in [1.807, 2.05) is 0 Å². The van der Waals surface area contributed by atoms with Gasteiger partial charge in [0.05, 0.1) is 0 Å². The van der Waals surface area contributed by atoms with Crippen molar-refractivity contribution in [2.24, 2.45) is 10.6 Å². The first-order valence-corrected chi connectivity index (χ1v) is 4.69. The van der Waals surface area contributed by atoms with Gasteiger partial charge in [-0.3, -0.25) is 0 Å². The van der Waals surface area contributed by atoms with Crippen molar-refractivity contribution < 1.29 is 9.62 Å². The third-order valence-electron chi connectivity index (χ3n) is 2.48. The first-order chi connectivity index (χ1) is 6.52. The summed E-state index contributed by atoms with van der Waals surface area (Å²) in [6.07, 6.45) is 1.59. The number of nitrogens with zero attached hydrogens (tertiary/aromatic N) is 2. The molecule has 0 atom stereocenters. The van der Waals surface area contributed by atoms with E-state index in [2.05, 4.69) is 24.0 Å². The zero-order chi connectivity index (χ0) is 10.3. The first-order valence-electron chi connectivity index (χ1n) is 4.69. The largest absolute Gasteiger partial charge is 0.445 e.